The molecule has 0 aliphatic heterocycles. The number of hydrogen-bond donors (Lipinski definition) is 0. The first-order chi connectivity index (χ1) is 9.19. The molecule has 0 N–H and O–H groups in total. The lowest BCUT2D eigenvalue weighted by Crippen LogP contribution is -2.21. The number of methoxy groups -OCH3 is 2. The van der Waals surface area contributed by atoms with Crippen molar-refractivity contribution in [1.82, 2.24) is 4.98 Å². The Morgan fingerprint density at radius 3 is 2.30 bits per heavy atom. The number of carbonyl (C=O) groups excluding carboxylic acids is 1. The average Bonchev–Trinajstić information content (AvgIpc) is 2.35. The number of rotatable bonds is 4. The van der Waals surface area contributed by atoms with E-state index in [1.54, 1.807) is 0 Å². The van der Waals surface area contributed by atoms with E-state index in [4.69, 9.17) is 0 Å². The molecule has 0 bridgehead atoms. The Morgan fingerprint density at radius 2 is 1.90 bits per heavy atom. The van der Waals surface area contributed by atoms with Gasteiger partial charge in [0.25, 0.3) is 6.43 Å². The van der Waals surface area contributed by atoms with Crippen LogP contribution >= 0.6 is 0 Å². The summed E-state index contributed by atoms with van der Waals surface area (Å²) in [5.74, 6) is -3.26. The molecule has 20 heavy (non-hydrogen) atoms. The highest BCUT2D eigenvalue weighted by molar-refractivity contribution is 5.91. The Kier molecular flexibility index (Phi) is 4.69. The van der Waals surface area contributed by atoms with Gasteiger partial charge in [-0.25, -0.2) is 18.6 Å². The van der Waals surface area contributed by atoms with Crippen molar-refractivity contribution in [3.8, 4) is 11.6 Å². The average molecular weight is 301 g/mol. The largest absolute Gasteiger partial charge is 0.573 e. The lowest BCUT2D eigenvalue weighted by atomic mass is 10.2. The fourth-order valence-electron chi connectivity index (χ4n) is 1.25. The monoisotopic (exact) mass is 301 g/mol. The van der Waals surface area contributed by atoms with E-state index in [1.807, 2.05) is 0 Å². The highest BCUT2D eigenvalue weighted by Gasteiger charge is 2.37. The van der Waals surface area contributed by atoms with Crippen molar-refractivity contribution in [2.45, 2.75) is 12.8 Å². The Hall–Kier alpha value is -2.13. The number of carbonyl (C=O) groups is 1. The lowest BCUT2D eigenvalue weighted by molar-refractivity contribution is -0.275. The van der Waals surface area contributed by atoms with Crippen LogP contribution in [0.25, 0.3) is 0 Å². The second kappa shape index (κ2) is 5.88. The minimum atomic E-state index is -5.28. The van der Waals surface area contributed by atoms with Crippen LogP contribution in [0.4, 0.5) is 22.0 Å². The van der Waals surface area contributed by atoms with Gasteiger partial charge in [0.1, 0.15) is 0 Å². The molecule has 0 aliphatic carbocycles. The van der Waals surface area contributed by atoms with Crippen LogP contribution in [0.1, 0.15) is 22.5 Å². The van der Waals surface area contributed by atoms with Crippen molar-refractivity contribution in [2.24, 2.45) is 0 Å². The molecular weight excluding hydrogens is 293 g/mol. The summed E-state index contributed by atoms with van der Waals surface area (Å²) in [6.07, 6.45) is -8.62. The van der Waals surface area contributed by atoms with Crippen molar-refractivity contribution in [3.05, 3.63) is 17.3 Å². The van der Waals surface area contributed by atoms with Gasteiger partial charge in [-0.1, -0.05) is 0 Å². The van der Waals surface area contributed by atoms with E-state index in [0.717, 1.165) is 14.2 Å². The molecule has 1 rings (SSSR count). The summed E-state index contributed by atoms with van der Waals surface area (Å²) in [7, 11) is 1.89. The van der Waals surface area contributed by atoms with Gasteiger partial charge in [-0.3, -0.25) is 0 Å². The zero-order chi connectivity index (χ0) is 15.5. The van der Waals surface area contributed by atoms with Crippen LogP contribution in [-0.4, -0.2) is 31.5 Å². The highest BCUT2D eigenvalue weighted by atomic mass is 19.4. The second-order valence-electron chi connectivity index (χ2n) is 3.27. The first kappa shape index (κ1) is 15.9. The van der Waals surface area contributed by atoms with Crippen LogP contribution in [-0.2, 0) is 4.74 Å². The molecule has 0 aromatic carbocycles. The predicted octanol–water partition coefficient (Wildman–Crippen LogP) is 2.71. The number of hydrogen-bond acceptors (Lipinski definition) is 5. The van der Waals surface area contributed by atoms with Crippen molar-refractivity contribution in [2.75, 3.05) is 14.2 Å². The van der Waals surface area contributed by atoms with E-state index >= 15 is 0 Å². The molecule has 0 atom stereocenters. The molecule has 1 aromatic heterocycles. The summed E-state index contributed by atoms with van der Waals surface area (Å²) < 4.78 is 74.4. The Labute approximate surface area is 109 Å². The van der Waals surface area contributed by atoms with Crippen LogP contribution in [0.5, 0.6) is 11.6 Å². The van der Waals surface area contributed by atoms with E-state index < -0.39 is 41.6 Å². The van der Waals surface area contributed by atoms with Crippen LogP contribution in [0, 0.1) is 0 Å². The molecule has 10 heteroatoms. The summed E-state index contributed by atoms with van der Waals surface area (Å²) in [4.78, 5) is 14.7. The fourth-order valence-corrected chi connectivity index (χ4v) is 1.25. The Bertz CT molecular complexity index is 503. The number of halogens is 5. The molecule has 0 fully saturated rings. The number of ether oxygens (including phenoxy) is 3. The zero-order valence-corrected chi connectivity index (χ0v) is 10.1. The number of esters is 1. The van der Waals surface area contributed by atoms with Gasteiger partial charge in [0.05, 0.1) is 19.8 Å². The minimum absolute atomic E-state index is 0.477. The van der Waals surface area contributed by atoms with Gasteiger partial charge in [-0.15, -0.1) is 13.2 Å². The smallest absolute Gasteiger partial charge is 0.481 e. The topological polar surface area (TPSA) is 57.7 Å². The van der Waals surface area contributed by atoms with E-state index in [9.17, 15) is 26.7 Å². The van der Waals surface area contributed by atoms with Crippen molar-refractivity contribution in [3.63, 3.8) is 0 Å². The van der Waals surface area contributed by atoms with Crippen LogP contribution in [0.3, 0.4) is 0 Å². The van der Waals surface area contributed by atoms with Gasteiger partial charge in [0.2, 0.25) is 5.88 Å². The number of alkyl halides is 5. The minimum Gasteiger partial charge on any atom is -0.481 e. The first-order valence-electron chi connectivity index (χ1n) is 4.90. The molecule has 0 unspecified atom stereocenters. The molecule has 0 saturated carbocycles. The van der Waals surface area contributed by atoms with Crippen molar-refractivity contribution >= 4 is 5.97 Å². The maximum atomic E-state index is 12.8. The van der Waals surface area contributed by atoms with Crippen LogP contribution in [0.2, 0.25) is 0 Å². The molecule has 0 radical (unpaired) electrons. The third-order valence-electron chi connectivity index (χ3n) is 2.02. The Balaban J connectivity index is 3.51. The van der Waals surface area contributed by atoms with Gasteiger partial charge >= 0.3 is 12.3 Å². The van der Waals surface area contributed by atoms with Gasteiger partial charge in [0, 0.05) is 6.07 Å². The molecule has 1 aromatic rings. The molecule has 0 amide bonds. The third-order valence-corrected chi connectivity index (χ3v) is 2.02. The standard InChI is InChI=1S/C10H8F5NO4/c1-18-5-3-4(8(11)12)7(20-10(13,14)15)6(16-5)9(17)19-2/h3,8H,1-2H3. The summed E-state index contributed by atoms with van der Waals surface area (Å²) in [6.45, 7) is 0. The summed E-state index contributed by atoms with van der Waals surface area (Å²) >= 11 is 0. The second-order valence-corrected chi connectivity index (χ2v) is 3.27. The summed E-state index contributed by atoms with van der Waals surface area (Å²) in [5, 5.41) is 0. The zero-order valence-electron chi connectivity index (χ0n) is 10.1. The number of nitrogens with zero attached hydrogens (tertiary/aromatic N) is 1. The van der Waals surface area contributed by atoms with E-state index in [0.29, 0.717) is 6.07 Å². The SMILES string of the molecule is COC(=O)c1nc(OC)cc(C(F)F)c1OC(F)(F)F. The fraction of sp³-hybridized carbons (Fsp3) is 0.400. The normalized spacial score (nSPS) is 11.4. The maximum Gasteiger partial charge on any atom is 0.573 e. The lowest BCUT2D eigenvalue weighted by Gasteiger charge is -2.16. The predicted molar refractivity (Wildman–Crippen MR) is 53.8 cm³/mol. The van der Waals surface area contributed by atoms with Gasteiger partial charge in [-0.05, 0) is 0 Å². The van der Waals surface area contributed by atoms with Crippen LogP contribution < -0.4 is 9.47 Å². The third kappa shape index (κ3) is 3.68. The molecule has 5 nitrogen and oxygen atoms in total. The Morgan fingerprint density at radius 1 is 1.30 bits per heavy atom. The van der Waals surface area contributed by atoms with E-state index in [-0.39, 0.29) is 0 Å². The highest BCUT2D eigenvalue weighted by Crippen LogP contribution is 2.37. The van der Waals surface area contributed by atoms with Crippen LogP contribution in [0.15, 0.2) is 6.07 Å². The van der Waals surface area contributed by atoms with Gasteiger partial charge < -0.3 is 14.2 Å². The van der Waals surface area contributed by atoms with E-state index in [2.05, 4.69) is 19.2 Å². The molecule has 112 valence electrons. The van der Waals surface area contributed by atoms with Crippen molar-refractivity contribution < 1.29 is 41.0 Å². The quantitative estimate of drug-likeness (QED) is 0.632. The van der Waals surface area contributed by atoms with E-state index in [1.165, 1.54) is 0 Å². The number of aromatic nitrogens is 1. The summed E-state index contributed by atoms with van der Waals surface area (Å²) in [6, 6.07) is 0.540. The molecule has 0 saturated heterocycles. The first-order valence-corrected chi connectivity index (χ1v) is 4.90. The summed E-state index contributed by atoms with van der Waals surface area (Å²) in [5.41, 5.74) is -2.24. The van der Waals surface area contributed by atoms with Gasteiger partial charge in [-0.2, -0.15) is 0 Å². The molecule has 1 heterocycles. The van der Waals surface area contributed by atoms with Crippen molar-refractivity contribution in [1.29, 1.82) is 0 Å². The molecule has 0 aliphatic rings. The molecule has 0 spiro atoms. The maximum absolute atomic E-state index is 12.8. The van der Waals surface area contributed by atoms with Gasteiger partial charge in [0.15, 0.2) is 11.4 Å². The molecular formula is C10H8F5NO4. The number of pyridine rings is 1.